The first kappa shape index (κ1) is 14.2. The van der Waals surface area contributed by atoms with Crippen LogP contribution in [0.4, 0.5) is 0 Å². The van der Waals surface area contributed by atoms with Gasteiger partial charge in [-0.1, -0.05) is 42.5 Å². The van der Waals surface area contributed by atoms with E-state index in [0.717, 1.165) is 12.4 Å². The molecule has 0 spiro atoms. The van der Waals surface area contributed by atoms with Crippen LogP contribution >= 0.6 is 11.8 Å². The summed E-state index contributed by atoms with van der Waals surface area (Å²) < 4.78 is 4.71. The highest BCUT2D eigenvalue weighted by atomic mass is 32.2. The van der Waals surface area contributed by atoms with Crippen LogP contribution in [-0.4, -0.2) is 36.9 Å². The first-order chi connectivity index (χ1) is 10.3. The summed E-state index contributed by atoms with van der Waals surface area (Å²) in [6.07, 6.45) is 2.23. The average Bonchev–Trinajstić information content (AvgIpc) is 2.94. The molecule has 2 aromatic carbocycles. The number of nitrogens with zero attached hydrogens (tertiary/aromatic N) is 1. The van der Waals surface area contributed by atoms with Gasteiger partial charge in [-0.2, -0.15) is 0 Å². The van der Waals surface area contributed by atoms with Gasteiger partial charge in [0.2, 0.25) is 0 Å². The number of benzene rings is 2. The van der Waals surface area contributed by atoms with Gasteiger partial charge in [0.1, 0.15) is 0 Å². The minimum absolute atomic E-state index is 0.179. The molecule has 0 aliphatic carbocycles. The Kier molecular flexibility index (Phi) is 4.27. The van der Waals surface area contributed by atoms with Gasteiger partial charge in [0, 0.05) is 17.3 Å². The number of methoxy groups -OCH3 is 1. The zero-order chi connectivity index (χ0) is 14.7. The molecule has 0 saturated carbocycles. The molecule has 0 unspecified atom stereocenters. The lowest BCUT2D eigenvalue weighted by molar-refractivity contribution is -0.141. The molecule has 21 heavy (non-hydrogen) atoms. The first-order valence-electron chi connectivity index (χ1n) is 6.86. The van der Waals surface area contributed by atoms with Gasteiger partial charge in [0.25, 0.3) is 0 Å². The Morgan fingerprint density at radius 3 is 2.95 bits per heavy atom. The molecule has 0 N–H and O–H groups in total. The minimum Gasteiger partial charge on any atom is -0.468 e. The van der Waals surface area contributed by atoms with E-state index in [1.54, 1.807) is 11.8 Å². The van der Waals surface area contributed by atoms with Crippen LogP contribution in [0.15, 0.2) is 47.4 Å². The van der Waals surface area contributed by atoms with Gasteiger partial charge >= 0.3 is 5.97 Å². The monoisotopic (exact) mass is 299 g/mol. The summed E-state index contributed by atoms with van der Waals surface area (Å²) in [5, 5.41) is 2.51. The average molecular weight is 299 g/mol. The molecule has 0 aromatic heterocycles. The number of thioether (sulfide) groups is 1. The lowest BCUT2D eigenvalue weighted by Crippen LogP contribution is -2.27. The van der Waals surface area contributed by atoms with Gasteiger partial charge < -0.3 is 4.74 Å². The maximum Gasteiger partial charge on any atom is 0.319 e. The Labute approximate surface area is 128 Å². The van der Waals surface area contributed by atoms with Crippen molar-refractivity contribution in [1.29, 1.82) is 0 Å². The maximum atomic E-state index is 11.3. The molecule has 2 aromatic rings. The third-order valence-electron chi connectivity index (χ3n) is 3.53. The van der Waals surface area contributed by atoms with Gasteiger partial charge in [-0.15, -0.1) is 11.8 Å². The predicted octanol–water partition coefficient (Wildman–Crippen LogP) is 3.36. The molecule has 1 fully saturated rings. The van der Waals surface area contributed by atoms with Crippen molar-refractivity contribution in [2.45, 2.75) is 0 Å². The van der Waals surface area contributed by atoms with Gasteiger partial charge in [0.15, 0.2) is 0 Å². The van der Waals surface area contributed by atoms with Crippen molar-refractivity contribution in [2.75, 3.05) is 26.1 Å². The molecular formula is C17H17NO2S. The van der Waals surface area contributed by atoms with E-state index in [9.17, 15) is 4.79 Å². The molecule has 108 valence electrons. The third-order valence-corrected chi connectivity index (χ3v) is 4.64. The van der Waals surface area contributed by atoms with E-state index >= 15 is 0 Å². The summed E-state index contributed by atoms with van der Waals surface area (Å²) in [6, 6.07) is 14.7. The summed E-state index contributed by atoms with van der Waals surface area (Å²) in [5.74, 6) is 0.660. The van der Waals surface area contributed by atoms with Crippen LogP contribution in [0, 0.1) is 0 Å². The van der Waals surface area contributed by atoms with Gasteiger partial charge in [0.05, 0.1) is 13.7 Å². The van der Waals surface area contributed by atoms with E-state index in [2.05, 4.69) is 53.4 Å². The van der Waals surface area contributed by atoms with Crippen molar-refractivity contribution in [1.82, 2.24) is 4.90 Å². The summed E-state index contributed by atoms with van der Waals surface area (Å²) in [7, 11) is 1.43. The van der Waals surface area contributed by atoms with Crippen LogP contribution in [0.25, 0.3) is 16.8 Å². The van der Waals surface area contributed by atoms with E-state index < -0.39 is 0 Å². The second kappa shape index (κ2) is 6.33. The number of fused-ring (bicyclic) bond motifs is 1. The Bertz CT molecular complexity index is 691. The van der Waals surface area contributed by atoms with Crippen LogP contribution in [0.1, 0.15) is 5.56 Å². The first-order valence-corrected chi connectivity index (χ1v) is 7.85. The maximum absolute atomic E-state index is 11.3. The second-order valence-electron chi connectivity index (χ2n) is 5.02. The molecule has 0 atom stereocenters. The Morgan fingerprint density at radius 1 is 1.29 bits per heavy atom. The number of carbonyl (C=O) groups is 1. The zero-order valence-electron chi connectivity index (χ0n) is 11.9. The molecule has 3 rings (SSSR count). The molecule has 0 amide bonds. The van der Waals surface area contributed by atoms with E-state index in [-0.39, 0.29) is 5.97 Å². The fourth-order valence-electron chi connectivity index (χ4n) is 2.47. The van der Waals surface area contributed by atoms with E-state index in [0.29, 0.717) is 6.54 Å². The second-order valence-corrected chi connectivity index (χ2v) is 6.09. The van der Waals surface area contributed by atoms with Gasteiger partial charge in [-0.05, 0) is 22.4 Å². The van der Waals surface area contributed by atoms with E-state index in [1.165, 1.54) is 28.4 Å². The summed E-state index contributed by atoms with van der Waals surface area (Å²) >= 11 is 1.79. The fourth-order valence-corrected chi connectivity index (χ4v) is 3.49. The van der Waals surface area contributed by atoms with Crippen LogP contribution < -0.4 is 0 Å². The minimum atomic E-state index is -0.179. The van der Waals surface area contributed by atoms with Crippen LogP contribution in [0.2, 0.25) is 0 Å². The Morgan fingerprint density at radius 2 is 2.10 bits per heavy atom. The lowest BCUT2D eigenvalue weighted by atomic mass is 10.0. The number of esters is 1. The number of ether oxygens (including phenoxy) is 1. The molecule has 0 bridgehead atoms. The fraction of sp³-hybridized carbons (Fsp3) is 0.235. The Hall–Kier alpha value is -1.78. The molecular weight excluding hydrogens is 282 g/mol. The van der Waals surface area contributed by atoms with Crippen LogP contribution in [-0.2, 0) is 9.53 Å². The standard InChI is InChI=1S/C17H17NO2S/c1-20-17(19)11-18-10-15(21-12-18)9-14-7-4-6-13-5-2-3-8-16(13)14/h2-9H,10-12H2,1H3. The number of hydrogen-bond acceptors (Lipinski definition) is 4. The highest BCUT2D eigenvalue weighted by Gasteiger charge is 2.20. The predicted molar refractivity (Wildman–Crippen MR) is 88.0 cm³/mol. The molecule has 0 radical (unpaired) electrons. The third kappa shape index (κ3) is 3.28. The molecule has 3 nitrogen and oxygen atoms in total. The summed E-state index contributed by atoms with van der Waals surface area (Å²) in [4.78, 5) is 14.7. The topological polar surface area (TPSA) is 29.5 Å². The largest absolute Gasteiger partial charge is 0.468 e. The Balaban J connectivity index is 1.80. The van der Waals surface area contributed by atoms with Crippen molar-refractivity contribution in [3.63, 3.8) is 0 Å². The normalized spacial score (nSPS) is 17.5. The molecule has 1 aliphatic rings. The molecule has 1 heterocycles. The van der Waals surface area contributed by atoms with Gasteiger partial charge in [-0.25, -0.2) is 0 Å². The summed E-state index contributed by atoms with van der Waals surface area (Å²) in [5.41, 5.74) is 1.23. The van der Waals surface area contributed by atoms with Crippen molar-refractivity contribution in [2.24, 2.45) is 0 Å². The van der Waals surface area contributed by atoms with Crippen LogP contribution in [0.3, 0.4) is 0 Å². The SMILES string of the molecule is COC(=O)CN1CSC(=Cc2cccc3ccccc23)C1. The smallest absolute Gasteiger partial charge is 0.319 e. The van der Waals surface area contributed by atoms with Crippen molar-refractivity contribution in [3.05, 3.63) is 52.9 Å². The highest BCUT2D eigenvalue weighted by molar-refractivity contribution is 8.03. The van der Waals surface area contributed by atoms with E-state index in [4.69, 9.17) is 4.74 Å². The lowest BCUT2D eigenvalue weighted by Gasteiger charge is -2.10. The van der Waals surface area contributed by atoms with Gasteiger partial charge in [-0.3, -0.25) is 9.69 Å². The molecule has 1 aliphatic heterocycles. The molecule has 4 heteroatoms. The molecule has 1 saturated heterocycles. The summed E-state index contributed by atoms with van der Waals surface area (Å²) in [6.45, 7) is 1.17. The number of hydrogen-bond donors (Lipinski definition) is 0. The van der Waals surface area contributed by atoms with Crippen molar-refractivity contribution in [3.8, 4) is 0 Å². The van der Waals surface area contributed by atoms with Crippen molar-refractivity contribution >= 4 is 34.6 Å². The number of carbonyl (C=O) groups excluding carboxylic acids is 1. The quantitative estimate of drug-likeness (QED) is 0.813. The van der Waals surface area contributed by atoms with Crippen molar-refractivity contribution < 1.29 is 9.53 Å². The van der Waals surface area contributed by atoms with E-state index in [1.807, 2.05) is 0 Å². The van der Waals surface area contributed by atoms with Crippen LogP contribution in [0.5, 0.6) is 0 Å². The highest BCUT2D eigenvalue weighted by Crippen LogP contribution is 2.30. The zero-order valence-corrected chi connectivity index (χ0v) is 12.7. The number of rotatable bonds is 3.